The monoisotopic (exact) mass is 405 g/mol. The van der Waals surface area contributed by atoms with Crippen molar-refractivity contribution in [2.75, 3.05) is 6.54 Å². The van der Waals surface area contributed by atoms with Gasteiger partial charge in [-0.3, -0.25) is 9.89 Å². The Bertz CT molecular complexity index is 1190. The van der Waals surface area contributed by atoms with Crippen LogP contribution in [0.15, 0.2) is 60.7 Å². The van der Waals surface area contributed by atoms with Crippen molar-refractivity contribution in [1.82, 2.24) is 24.6 Å². The molecule has 0 saturated carbocycles. The van der Waals surface area contributed by atoms with Crippen LogP contribution in [-0.4, -0.2) is 31.8 Å². The maximum Gasteiger partial charge on any atom is 0.239 e. The van der Waals surface area contributed by atoms with Crippen molar-refractivity contribution < 1.29 is 4.79 Å². The van der Waals surface area contributed by atoms with Crippen molar-refractivity contribution in [2.24, 2.45) is 0 Å². The fourth-order valence-electron chi connectivity index (χ4n) is 3.61. The van der Waals surface area contributed by atoms with E-state index in [1.807, 2.05) is 47.9 Å². The van der Waals surface area contributed by atoms with Crippen LogP contribution in [0.5, 0.6) is 0 Å². The topological polar surface area (TPSA) is 67.6 Å². The molecule has 6 nitrogen and oxygen atoms in total. The molecule has 4 aromatic rings. The van der Waals surface area contributed by atoms with E-state index in [9.17, 15) is 4.79 Å². The van der Waals surface area contributed by atoms with Gasteiger partial charge in [-0.1, -0.05) is 48.5 Å². The third-order valence-electron chi connectivity index (χ3n) is 5.01. The highest BCUT2D eigenvalue weighted by Crippen LogP contribution is 2.28. The number of aromatic nitrogens is 4. The van der Waals surface area contributed by atoms with Gasteiger partial charge >= 0.3 is 0 Å². The summed E-state index contributed by atoms with van der Waals surface area (Å²) in [5.74, 6) is 0.829. The smallest absolute Gasteiger partial charge is 0.239 e. The molecule has 2 aromatic carbocycles. The SMILES string of the molecule is CCn1c(CCNC(=O)Cn2c(-c3ccccc3)cc3ccccc32)n[nH]c1=S. The number of nitrogens with one attached hydrogen (secondary N) is 2. The molecule has 0 atom stereocenters. The van der Waals surface area contributed by atoms with Gasteiger partial charge in [0.05, 0.1) is 0 Å². The molecule has 148 valence electrons. The van der Waals surface area contributed by atoms with E-state index in [4.69, 9.17) is 12.2 Å². The summed E-state index contributed by atoms with van der Waals surface area (Å²) in [6.45, 7) is 3.56. The highest BCUT2D eigenvalue weighted by molar-refractivity contribution is 7.71. The zero-order valence-electron chi connectivity index (χ0n) is 16.3. The fraction of sp³-hybridized carbons (Fsp3) is 0.227. The maximum absolute atomic E-state index is 12.7. The van der Waals surface area contributed by atoms with Gasteiger partial charge in [0.15, 0.2) is 4.77 Å². The first-order chi connectivity index (χ1) is 14.2. The van der Waals surface area contributed by atoms with Crippen molar-refractivity contribution in [3.8, 4) is 11.3 Å². The van der Waals surface area contributed by atoms with Crippen LogP contribution in [-0.2, 0) is 24.3 Å². The fourth-order valence-corrected chi connectivity index (χ4v) is 3.89. The van der Waals surface area contributed by atoms with E-state index in [0.717, 1.165) is 34.5 Å². The van der Waals surface area contributed by atoms with Crippen molar-refractivity contribution in [1.29, 1.82) is 0 Å². The number of nitrogens with zero attached hydrogens (tertiary/aromatic N) is 3. The average Bonchev–Trinajstić information content (AvgIpc) is 3.29. The first-order valence-electron chi connectivity index (χ1n) is 9.72. The maximum atomic E-state index is 12.7. The number of fused-ring (bicyclic) bond motifs is 1. The molecule has 0 spiro atoms. The van der Waals surface area contributed by atoms with Crippen molar-refractivity contribution in [3.05, 3.63) is 71.3 Å². The number of aromatic amines is 1. The molecule has 0 aliphatic carbocycles. The Hall–Kier alpha value is -3.19. The lowest BCUT2D eigenvalue weighted by Crippen LogP contribution is -2.30. The molecule has 0 fully saturated rings. The highest BCUT2D eigenvalue weighted by atomic mass is 32.1. The van der Waals surface area contributed by atoms with Gasteiger partial charge in [-0.15, -0.1) is 0 Å². The molecule has 7 heteroatoms. The Balaban J connectivity index is 1.51. The lowest BCUT2D eigenvalue weighted by Gasteiger charge is -2.12. The molecule has 0 bridgehead atoms. The Morgan fingerprint density at radius 3 is 2.66 bits per heavy atom. The van der Waals surface area contributed by atoms with E-state index in [-0.39, 0.29) is 12.5 Å². The minimum atomic E-state index is -0.0271. The first-order valence-corrected chi connectivity index (χ1v) is 10.1. The summed E-state index contributed by atoms with van der Waals surface area (Å²) < 4.78 is 4.62. The molecule has 29 heavy (non-hydrogen) atoms. The molecule has 0 saturated heterocycles. The second kappa shape index (κ2) is 8.45. The van der Waals surface area contributed by atoms with Crippen LogP contribution in [0.1, 0.15) is 12.7 Å². The van der Waals surface area contributed by atoms with E-state index in [1.165, 1.54) is 0 Å². The van der Waals surface area contributed by atoms with E-state index in [1.54, 1.807) is 0 Å². The second-order valence-electron chi connectivity index (χ2n) is 6.83. The van der Waals surface area contributed by atoms with Crippen LogP contribution in [0.3, 0.4) is 0 Å². The number of carbonyl (C=O) groups is 1. The minimum absolute atomic E-state index is 0.0271. The largest absolute Gasteiger partial charge is 0.354 e. The van der Waals surface area contributed by atoms with Gasteiger partial charge in [-0.05, 0) is 36.8 Å². The third-order valence-corrected chi connectivity index (χ3v) is 5.32. The second-order valence-corrected chi connectivity index (χ2v) is 7.22. The molecule has 0 unspecified atom stereocenters. The number of carbonyl (C=O) groups excluding carboxylic acids is 1. The molecule has 0 aliphatic heterocycles. The molecule has 4 rings (SSSR count). The van der Waals surface area contributed by atoms with Crippen LogP contribution in [0.2, 0.25) is 0 Å². The predicted octanol–water partition coefficient (Wildman–Crippen LogP) is 3.94. The van der Waals surface area contributed by atoms with Gasteiger partial charge in [-0.2, -0.15) is 5.10 Å². The number of benzene rings is 2. The molecule has 2 heterocycles. The molecule has 2 N–H and O–H groups in total. The number of hydrogen-bond acceptors (Lipinski definition) is 3. The summed E-state index contributed by atoms with van der Waals surface area (Å²) in [6.07, 6.45) is 0.630. The Kier molecular flexibility index (Phi) is 5.57. The molecular weight excluding hydrogens is 382 g/mol. The molecule has 0 radical (unpaired) electrons. The number of H-pyrrole nitrogens is 1. The lowest BCUT2D eigenvalue weighted by molar-refractivity contribution is -0.121. The van der Waals surface area contributed by atoms with E-state index < -0.39 is 0 Å². The van der Waals surface area contributed by atoms with Crippen LogP contribution in [0.25, 0.3) is 22.2 Å². The number of amides is 1. The number of hydrogen-bond donors (Lipinski definition) is 2. The van der Waals surface area contributed by atoms with Gasteiger partial charge in [0.25, 0.3) is 0 Å². The van der Waals surface area contributed by atoms with Gasteiger partial charge in [0.1, 0.15) is 12.4 Å². The highest BCUT2D eigenvalue weighted by Gasteiger charge is 2.13. The Morgan fingerprint density at radius 2 is 1.86 bits per heavy atom. The summed E-state index contributed by atoms with van der Waals surface area (Å²) >= 11 is 5.21. The third kappa shape index (κ3) is 4.00. The zero-order valence-corrected chi connectivity index (χ0v) is 17.1. The number of rotatable bonds is 7. The summed E-state index contributed by atoms with van der Waals surface area (Å²) in [4.78, 5) is 12.7. The zero-order chi connectivity index (χ0) is 20.2. The van der Waals surface area contributed by atoms with Gasteiger partial charge in [0, 0.05) is 36.1 Å². The molecular formula is C22H23N5OS. The van der Waals surface area contributed by atoms with E-state index >= 15 is 0 Å². The lowest BCUT2D eigenvalue weighted by atomic mass is 10.1. The van der Waals surface area contributed by atoms with Crippen LogP contribution in [0.4, 0.5) is 0 Å². The summed E-state index contributed by atoms with van der Waals surface area (Å²) in [5, 5.41) is 11.2. The Labute approximate surface area is 174 Å². The first kappa shape index (κ1) is 19.1. The summed E-state index contributed by atoms with van der Waals surface area (Å²) in [5.41, 5.74) is 3.18. The van der Waals surface area contributed by atoms with Crippen LogP contribution < -0.4 is 5.32 Å². The molecule has 2 aromatic heterocycles. The van der Waals surface area contributed by atoms with Crippen LogP contribution in [0, 0.1) is 4.77 Å². The van der Waals surface area contributed by atoms with E-state index in [2.05, 4.69) is 44.3 Å². The summed E-state index contributed by atoms with van der Waals surface area (Å²) in [7, 11) is 0. The normalized spacial score (nSPS) is 11.1. The predicted molar refractivity (Wildman–Crippen MR) is 117 cm³/mol. The number of para-hydroxylation sites is 1. The van der Waals surface area contributed by atoms with E-state index in [0.29, 0.717) is 17.7 Å². The molecule has 0 aliphatic rings. The van der Waals surface area contributed by atoms with Crippen molar-refractivity contribution in [3.63, 3.8) is 0 Å². The van der Waals surface area contributed by atoms with Gasteiger partial charge < -0.3 is 14.5 Å². The van der Waals surface area contributed by atoms with Crippen molar-refractivity contribution >= 4 is 29.0 Å². The minimum Gasteiger partial charge on any atom is -0.354 e. The van der Waals surface area contributed by atoms with Crippen molar-refractivity contribution in [2.45, 2.75) is 26.4 Å². The van der Waals surface area contributed by atoms with Crippen LogP contribution >= 0.6 is 12.2 Å². The van der Waals surface area contributed by atoms with Gasteiger partial charge in [-0.25, -0.2) is 0 Å². The Morgan fingerprint density at radius 1 is 1.10 bits per heavy atom. The quantitative estimate of drug-likeness (QED) is 0.458. The average molecular weight is 406 g/mol. The molecule has 1 amide bonds. The van der Waals surface area contributed by atoms with Gasteiger partial charge in [0.2, 0.25) is 5.91 Å². The summed E-state index contributed by atoms with van der Waals surface area (Å²) in [6, 6.07) is 20.4. The standard InChI is InChI=1S/C22H23N5OS/c1-2-26-20(24-25-22(26)29)12-13-23-21(28)15-27-18-11-7-6-10-17(18)14-19(27)16-8-4-3-5-9-16/h3-11,14H,2,12-13,15H2,1H3,(H,23,28)(H,25,29).